The summed E-state index contributed by atoms with van der Waals surface area (Å²) in [5.41, 5.74) is 0. The van der Waals surface area contributed by atoms with E-state index in [0.717, 1.165) is 0 Å². The maximum atomic E-state index is 4.60. The molecule has 0 saturated carbocycles. The van der Waals surface area contributed by atoms with Crippen LogP contribution in [0.5, 0.6) is 0 Å². The van der Waals surface area contributed by atoms with Crippen LogP contribution in [0.15, 0.2) is 0 Å². The SMILES string of the molecule is CC(C)C#CC[S]. The van der Waals surface area contributed by atoms with Gasteiger partial charge in [0.05, 0.1) is 5.75 Å². The summed E-state index contributed by atoms with van der Waals surface area (Å²) >= 11 is 4.60. The van der Waals surface area contributed by atoms with Gasteiger partial charge in [0.15, 0.2) is 0 Å². The van der Waals surface area contributed by atoms with Crippen LogP contribution in [0, 0.1) is 17.8 Å². The van der Waals surface area contributed by atoms with Gasteiger partial charge in [-0.05, 0) is 0 Å². The Bertz CT molecular complexity index is 84.1. The zero-order valence-corrected chi connectivity index (χ0v) is 5.51. The highest BCUT2D eigenvalue weighted by atomic mass is 32.1. The predicted molar refractivity (Wildman–Crippen MR) is 35.1 cm³/mol. The van der Waals surface area contributed by atoms with Gasteiger partial charge in [0, 0.05) is 5.92 Å². The van der Waals surface area contributed by atoms with E-state index in [1.807, 2.05) is 0 Å². The standard InChI is InChI=1S/C6H9S/c1-6(2)4-3-5-7/h6H,5H2,1-2H3. The van der Waals surface area contributed by atoms with Gasteiger partial charge >= 0.3 is 0 Å². The summed E-state index contributed by atoms with van der Waals surface area (Å²) in [4.78, 5) is 0. The monoisotopic (exact) mass is 113 g/mol. The second-order valence-corrected chi connectivity index (χ2v) is 1.91. The Labute approximate surface area is 50.7 Å². The highest BCUT2D eigenvalue weighted by Gasteiger charge is 1.77. The number of hydrogen-bond acceptors (Lipinski definition) is 0. The second-order valence-electron chi connectivity index (χ2n) is 1.62. The van der Waals surface area contributed by atoms with Gasteiger partial charge in [0.2, 0.25) is 0 Å². The summed E-state index contributed by atoms with van der Waals surface area (Å²) in [6.45, 7) is 4.11. The lowest BCUT2D eigenvalue weighted by Crippen LogP contribution is -1.76. The maximum absolute atomic E-state index is 4.60. The molecule has 0 aromatic heterocycles. The molecule has 0 nitrogen and oxygen atoms in total. The number of hydrogen-bond donors (Lipinski definition) is 0. The van der Waals surface area contributed by atoms with E-state index in [-0.39, 0.29) is 0 Å². The van der Waals surface area contributed by atoms with Crippen molar-refractivity contribution >= 4 is 12.6 Å². The van der Waals surface area contributed by atoms with Crippen molar-refractivity contribution in [1.29, 1.82) is 0 Å². The van der Waals surface area contributed by atoms with E-state index in [9.17, 15) is 0 Å². The molecule has 0 bridgehead atoms. The molecule has 0 aliphatic carbocycles. The van der Waals surface area contributed by atoms with Crippen molar-refractivity contribution < 1.29 is 0 Å². The van der Waals surface area contributed by atoms with Crippen molar-refractivity contribution in [2.24, 2.45) is 5.92 Å². The molecular formula is C6H9S. The molecule has 7 heavy (non-hydrogen) atoms. The van der Waals surface area contributed by atoms with E-state index in [0.29, 0.717) is 11.7 Å². The minimum absolute atomic E-state index is 0.475. The summed E-state index contributed by atoms with van der Waals surface area (Å²) in [6.07, 6.45) is 0. The molecule has 39 valence electrons. The second kappa shape index (κ2) is 4.08. The van der Waals surface area contributed by atoms with Crippen LogP contribution >= 0.6 is 12.6 Å². The average Bonchev–Trinajstić information content (AvgIpc) is 1.61. The largest absolute Gasteiger partial charge is 0.0996 e. The lowest BCUT2D eigenvalue weighted by molar-refractivity contribution is 0.866. The fourth-order valence-electron chi connectivity index (χ4n) is 0.246. The first-order valence-electron chi connectivity index (χ1n) is 2.34. The molecule has 1 heteroatoms. The molecule has 0 heterocycles. The van der Waals surface area contributed by atoms with Gasteiger partial charge in [0.25, 0.3) is 0 Å². The van der Waals surface area contributed by atoms with Crippen molar-refractivity contribution in [3.63, 3.8) is 0 Å². The summed E-state index contributed by atoms with van der Waals surface area (Å²) in [7, 11) is 0. The van der Waals surface area contributed by atoms with Crippen LogP contribution in [0.25, 0.3) is 0 Å². The Morgan fingerprint density at radius 1 is 1.57 bits per heavy atom. The van der Waals surface area contributed by atoms with Gasteiger partial charge in [-0.25, -0.2) is 0 Å². The van der Waals surface area contributed by atoms with Crippen LogP contribution in [0.2, 0.25) is 0 Å². The molecule has 0 aromatic carbocycles. The highest BCUT2D eigenvalue weighted by Crippen LogP contribution is 1.84. The predicted octanol–water partition coefficient (Wildman–Crippen LogP) is 1.84. The van der Waals surface area contributed by atoms with E-state index in [4.69, 9.17) is 0 Å². The van der Waals surface area contributed by atoms with Crippen LogP contribution in [-0.4, -0.2) is 5.75 Å². The Morgan fingerprint density at radius 3 is 2.29 bits per heavy atom. The Hall–Kier alpha value is -0.0900. The van der Waals surface area contributed by atoms with E-state index >= 15 is 0 Å². The normalized spacial score (nSPS) is 8.00. The molecule has 0 aromatic rings. The fraction of sp³-hybridized carbons (Fsp3) is 0.667. The molecule has 1 radical (unpaired) electrons. The van der Waals surface area contributed by atoms with Crippen molar-refractivity contribution in [3.8, 4) is 11.8 Å². The van der Waals surface area contributed by atoms with Crippen molar-refractivity contribution in [3.05, 3.63) is 0 Å². The third kappa shape index (κ3) is 5.91. The van der Waals surface area contributed by atoms with Crippen molar-refractivity contribution in [1.82, 2.24) is 0 Å². The van der Waals surface area contributed by atoms with E-state index in [2.05, 4.69) is 38.3 Å². The van der Waals surface area contributed by atoms with E-state index in [1.54, 1.807) is 0 Å². The molecule has 0 amide bonds. The lowest BCUT2D eigenvalue weighted by Gasteiger charge is -1.83. The first-order valence-corrected chi connectivity index (χ1v) is 2.91. The topological polar surface area (TPSA) is 0 Å². The van der Waals surface area contributed by atoms with E-state index < -0.39 is 0 Å². The zero-order chi connectivity index (χ0) is 5.70. The summed E-state index contributed by atoms with van der Waals surface area (Å²) in [5, 5.41) is 0. The molecule has 0 atom stereocenters. The highest BCUT2D eigenvalue weighted by molar-refractivity contribution is 7.80. The van der Waals surface area contributed by atoms with Crippen LogP contribution in [-0.2, 0) is 0 Å². The zero-order valence-electron chi connectivity index (χ0n) is 4.69. The fourth-order valence-corrected chi connectivity index (χ4v) is 0.329. The van der Waals surface area contributed by atoms with Gasteiger partial charge in [0.1, 0.15) is 0 Å². The third-order valence-corrected chi connectivity index (χ3v) is 0.607. The summed E-state index contributed by atoms with van der Waals surface area (Å²) in [6, 6.07) is 0. The van der Waals surface area contributed by atoms with Gasteiger partial charge < -0.3 is 0 Å². The summed E-state index contributed by atoms with van der Waals surface area (Å²) in [5.74, 6) is 6.80. The first-order chi connectivity index (χ1) is 3.27. The molecule has 0 aliphatic rings. The Morgan fingerprint density at radius 2 is 2.14 bits per heavy atom. The van der Waals surface area contributed by atoms with Crippen molar-refractivity contribution in [2.75, 3.05) is 5.75 Å². The Kier molecular flexibility index (Phi) is 4.03. The Balaban J connectivity index is 3.24. The minimum atomic E-state index is 0.475. The molecule has 0 unspecified atom stereocenters. The van der Waals surface area contributed by atoms with Gasteiger partial charge in [-0.15, -0.1) is 0 Å². The quantitative estimate of drug-likeness (QED) is 0.420. The molecule has 0 N–H and O–H groups in total. The molecule has 0 fully saturated rings. The van der Waals surface area contributed by atoms with Gasteiger partial charge in [-0.2, -0.15) is 0 Å². The summed E-state index contributed by atoms with van der Waals surface area (Å²) < 4.78 is 0. The smallest absolute Gasteiger partial charge is 0.0651 e. The van der Waals surface area contributed by atoms with Crippen LogP contribution in [0.3, 0.4) is 0 Å². The van der Waals surface area contributed by atoms with E-state index in [1.165, 1.54) is 0 Å². The molecule has 0 spiro atoms. The third-order valence-electron chi connectivity index (χ3n) is 0.463. The first kappa shape index (κ1) is 6.91. The van der Waals surface area contributed by atoms with Crippen LogP contribution in [0.4, 0.5) is 0 Å². The van der Waals surface area contributed by atoms with Gasteiger partial charge in [-0.1, -0.05) is 38.3 Å². The molecular weight excluding hydrogens is 104 g/mol. The lowest BCUT2D eigenvalue weighted by atomic mass is 10.2. The molecule has 0 aliphatic heterocycles. The van der Waals surface area contributed by atoms with Gasteiger partial charge in [-0.3, -0.25) is 0 Å². The van der Waals surface area contributed by atoms with Crippen molar-refractivity contribution in [2.45, 2.75) is 13.8 Å². The van der Waals surface area contributed by atoms with Crippen LogP contribution < -0.4 is 0 Å². The molecule has 0 rings (SSSR count). The molecule has 0 saturated heterocycles. The maximum Gasteiger partial charge on any atom is 0.0651 e. The number of rotatable bonds is 0. The van der Waals surface area contributed by atoms with Crippen LogP contribution in [0.1, 0.15) is 13.8 Å². The minimum Gasteiger partial charge on any atom is -0.0996 e. The average molecular weight is 113 g/mol.